The maximum atomic E-state index is 9.88. The molecule has 0 aliphatic heterocycles. The molecule has 0 heterocycles. The van der Waals surface area contributed by atoms with Gasteiger partial charge in [-0.3, -0.25) is 0 Å². The van der Waals surface area contributed by atoms with Crippen molar-refractivity contribution in [2.75, 3.05) is 25.4 Å². The Morgan fingerprint density at radius 2 is 1.81 bits per heavy atom. The summed E-state index contributed by atoms with van der Waals surface area (Å²) in [4.78, 5) is 3.47. The number of thioether (sulfide) groups is 1. The van der Waals surface area contributed by atoms with Gasteiger partial charge in [-0.1, -0.05) is 32.0 Å². The molecule has 0 radical (unpaired) electrons. The summed E-state index contributed by atoms with van der Waals surface area (Å²) in [5, 5.41) is 9.88. The molecular formula is C13H21NOS. The molecule has 0 saturated heterocycles. The molecule has 0 amide bonds. The number of aliphatic hydroxyl groups excluding tert-OH is 1. The molecular weight excluding hydrogens is 218 g/mol. The van der Waals surface area contributed by atoms with E-state index in [-0.39, 0.29) is 6.10 Å². The minimum atomic E-state index is -0.245. The van der Waals surface area contributed by atoms with Crippen molar-refractivity contribution in [3.63, 3.8) is 0 Å². The van der Waals surface area contributed by atoms with E-state index < -0.39 is 0 Å². The van der Waals surface area contributed by atoms with Gasteiger partial charge in [0.1, 0.15) is 0 Å². The maximum Gasteiger partial charge on any atom is 0.0760 e. The topological polar surface area (TPSA) is 23.5 Å². The number of nitrogens with zero attached hydrogens (tertiary/aromatic N) is 1. The van der Waals surface area contributed by atoms with Crippen LogP contribution in [0.5, 0.6) is 0 Å². The second-order valence-electron chi connectivity index (χ2n) is 3.76. The first kappa shape index (κ1) is 13.6. The van der Waals surface area contributed by atoms with Gasteiger partial charge in [0.2, 0.25) is 0 Å². The first-order valence-corrected chi connectivity index (χ1v) is 6.83. The van der Waals surface area contributed by atoms with Gasteiger partial charge in [-0.25, -0.2) is 0 Å². The van der Waals surface area contributed by atoms with Crippen molar-refractivity contribution in [2.45, 2.75) is 24.8 Å². The van der Waals surface area contributed by atoms with Crippen molar-refractivity contribution in [1.29, 1.82) is 0 Å². The zero-order valence-corrected chi connectivity index (χ0v) is 10.9. The van der Waals surface area contributed by atoms with Gasteiger partial charge in [-0.2, -0.15) is 0 Å². The molecule has 1 aromatic carbocycles. The van der Waals surface area contributed by atoms with E-state index in [0.717, 1.165) is 25.4 Å². The molecule has 0 aliphatic rings. The van der Waals surface area contributed by atoms with Crippen LogP contribution in [0.1, 0.15) is 13.8 Å². The lowest BCUT2D eigenvalue weighted by atomic mass is 10.3. The fourth-order valence-corrected chi connectivity index (χ4v) is 2.38. The Bertz CT molecular complexity index is 275. The molecule has 16 heavy (non-hydrogen) atoms. The quantitative estimate of drug-likeness (QED) is 0.740. The lowest BCUT2D eigenvalue weighted by Gasteiger charge is -2.21. The number of benzene rings is 1. The molecule has 0 aliphatic carbocycles. The predicted molar refractivity (Wildman–Crippen MR) is 71.0 cm³/mol. The van der Waals surface area contributed by atoms with E-state index in [1.807, 2.05) is 18.2 Å². The summed E-state index contributed by atoms with van der Waals surface area (Å²) in [6.45, 7) is 7.03. The first-order chi connectivity index (χ1) is 7.76. The minimum Gasteiger partial charge on any atom is -0.391 e. The standard InChI is InChI=1S/C13H21NOS/c1-3-14(4-2)10-12(15)11-16-13-8-6-5-7-9-13/h5-9,12,15H,3-4,10-11H2,1-2H3/t12-/m0/s1. The van der Waals surface area contributed by atoms with E-state index >= 15 is 0 Å². The zero-order valence-electron chi connectivity index (χ0n) is 10.1. The van der Waals surface area contributed by atoms with Gasteiger partial charge in [0.05, 0.1) is 6.10 Å². The van der Waals surface area contributed by atoms with Crippen molar-refractivity contribution < 1.29 is 5.11 Å². The summed E-state index contributed by atoms with van der Waals surface area (Å²) in [6, 6.07) is 10.2. The van der Waals surface area contributed by atoms with Crippen LogP contribution in [0, 0.1) is 0 Å². The molecule has 1 aromatic rings. The minimum absolute atomic E-state index is 0.245. The van der Waals surface area contributed by atoms with Crippen LogP contribution in [-0.2, 0) is 0 Å². The summed E-state index contributed by atoms with van der Waals surface area (Å²) in [5.41, 5.74) is 0. The van der Waals surface area contributed by atoms with Crippen molar-refractivity contribution in [3.05, 3.63) is 30.3 Å². The SMILES string of the molecule is CCN(CC)C[C@H](O)CSc1ccccc1. The molecule has 1 rings (SSSR count). The predicted octanol–water partition coefficient (Wildman–Crippen LogP) is 2.48. The van der Waals surface area contributed by atoms with Crippen LogP contribution < -0.4 is 0 Å². The summed E-state index contributed by atoms with van der Waals surface area (Å²) in [7, 11) is 0. The van der Waals surface area contributed by atoms with Crippen LogP contribution in [0.15, 0.2) is 35.2 Å². The van der Waals surface area contributed by atoms with Crippen molar-refractivity contribution in [2.24, 2.45) is 0 Å². The third kappa shape index (κ3) is 5.01. The molecule has 1 N–H and O–H groups in total. The third-order valence-corrected chi connectivity index (χ3v) is 3.71. The highest BCUT2D eigenvalue weighted by Gasteiger charge is 2.08. The summed E-state index contributed by atoms with van der Waals surface area (Å²) < 4.78 is 0. The van der Waals surface area contributed by atoms with Gasteiger partial charge in [-0.15, -0.1) is 11.8 Å². The lowest BCUT2D eigenvalue weighted by Crippen LogP contribution is -2.33. The Balaban J connectivity index is 2.27. The highest BCUT2D eigenvalue weighted by Crippen LogP contribution is 2.18. The summed E-state index contributed by atoms with van der Waals surface area (Å²) in [5.74, 6) is 0.764. The van der Waals surface area contributed by atoms with Crippen molar-refractivity contribution in [1.82, 2.24) is 4.90 Å². The maximum absolute atomic E-state index is 9.88. The lowest BCUT2D eigenvalue weighted by molar-refractivity contribution is 0.137. The molecule has 0 aromatic heterocycles. The number of aliphatic hydroxyl groups is 1. The molecule has 3 heteroatoms. The van der Waals surface area contributed by atoms with Crippen LogP contribution in [0.25, 0.3) is 0 Å². The van der Waals surface area contributed by atoms with Crippen LogP contribution in [0.2, 0.25) is 0 Å². The van der Waals surface area contributed by atoms with E-state index in [1.54, 1.807) is 11.8 Å². The van der Waals surface area contributed by atoms with Gasteiger partial charge < -0.3 is 10.0 Å². The monoisotopic (exact) mass is 239 g/mol. The summed E-state index contributed by atoms with van der Waals surface area (Å²) in [6.07, 6.45) is -0.245. The molecule has 0 spiro atoms. The summed E-state index contributed by atoms with van der Waals surface area (Å²) >= 11 is 1.71. The molecule has 0 fully saturated rings. The number of likely N-dealkylation sites (N-methyl/N-ethyl adjacent to an activating group) is 1. The molecule has 0 saturated carbocycles. The van der Waals surface area contributed by atoms with Crippen molar-refractivity contribution in [3.8, 4) is 0 Å². The van der Waals surface area contributed by atoms with Gasteiger partial charge >= 0.3 is 0 Å². The smallest absolute Gasteiger partial charge is 0.0760 e. The van der Waals surface area contributed by atoms with Crippen LogP contribution >= 0.6 is 11.8 Å². The van der Waals surface area contributed by atoms with Gasteiger partial charge in [-0.05, 0) is 25.2 Å². The zero-order chi connectivity index (χ0) is 11.8. The average Bonchev–Trinajstić information content (AvgIpc) is 2.34. The van der Waals surface area contributed by atoms with E-state index in [4.69, 9.17) is 0 Å². The highest BCUT2D eigenvalue weighted by molar-refractivity contribution is 7.99. The Morgan fingerprint density at radius 3 is 2.38 bits per heavy atom. The number of hydrogen-bond acceptors (Lipinski definition) is 3. The molecule has 90 valence electrons. The van der Waals surface area contributed by atoms with Crippen LogP contribution in [0.3, 0.4) is 0 Å². The van der Waals surface area contributed by atoms with E-state index in [0.29, 0.717) is 0 Å². The average molecular weight is 239 g/mol. The van der Waals surface area contributed by atoms with Crippen molar-refractivity contribution >= 4 is 11.8 Å². The van der Waals surface area contributed by atoms with E-state index in [1.165, 1.54) is 4.90 Å². The third-order valence-electron chi connectivity index (χ3n) is 2.55. The Labute approximate surface area is 103 Å². The molecule has 1 atom stereocenters. The van der Waals surface area contributed by atoms with E-state index in [9.17, 15) is 5.11 Å². The number of hydrogen-bond donors (Lipinski definition) is 1. The molecule has 0 bridgehead atoms. The second kappa shape index (κ2) is 7.71. The first-order valence-electron chi connectivity index (χ1n) is 5.84. The molecule has 0 unspecified atom stereocenters. The van der Waals surface area contributed by atoms with Crippen LogP contribution in [0.4, 0.5) is 0 Å². The van der Waals surface area contributed by atoms with Gasteiger partial charge in [0.15, 0.2) is 0 Å². The fourth-order valence-electron chi connectivity index (χ4n) is 1.54. The highest BCUT2D eigenvalue weighted by atomic mass is 32.2. The van der Waals surface area contributed by atoms with E-state index in [2.05, 4.69) is 30.9 Å². The largest absolute Gasteiger partial charge is 0.391 e. The Kier molecular flexibility index (Phi) is 6.53. The van der Waals surface area contributed by atoms with Gasteiger partial charge in [0, 0.05) is 17.2 Å². The fraction of sp³-hybridized carbons (Fsp3) is 0.538. The second-order valence-corrected chi connectivity index (χ2v) is 4.86. The Hall–Kier alpha value is -0.510. The van der Waals surface area contributed by atoms with Gasteiger partial charge in [0.25, 0.3) is 0 Å². The Morgan fingerprint density at radius 1 is 1.19 bits per heavy atom. The molecule has 2 nitrogen and oxygen atoms in total. The number of rotatable bonds is 7. The normalized spacial score (nSPS) is 13.0. The van der Waals surface area contributed by atoms with Crippen LogP contribution in [-0.4, -0.2) is 41.5 Å².